The topological polar surface area (TPSA) is 60.3 Å². The molecule has 68 valence electrons. The quantitative estimate of drug-likeness (QED) is 0.428. The van der Waals surface area contributed by atoms with Crippen LogP contribution in [-0.4, -0.2) is 25.8 Å². The van der Waals surface area contributed by atoms with Gasteiger partial charge in [-0.3, -0.25) is 5.41 Å². The molecule has 0 bridgehead atoms. The van der Waals surface area contributed by atoms with Crippen molar-refractivity contribution in [3.8, 4) is 0 Å². The van der Waals surface area contributed by atoms with E-state index in [2.05, 4.69) is 15.6 Å². The number of nitrogens with one attached hydrogen (secondary N) is 3. The first-order valence-electron chi connectivity index (χ1n) is 3.91. The van der Waals surface area contributed by atoms with Crippen LogP contribution < -0.4 is 10.6 Å². The Labute approximate surface area is 73.3 Å². The lowest BCUT2D eigenvalue weighted by molar-refractivity contribution is 0.911. The van der Waals surface area contributed by atoms with Gasteiger partial charge in [0.1, 0.15) is 12.2 Å². The molecule has 4 heteroatoms. The van der Waals surface area contributed by atoms with Gasteiger partial charge in [0.05, 0.1) is 0 Å². The van der Waals surface area contributed by atoms with Gasteiger partial charge in [0, 0.05) is 25.4 Å². The zero-order valence-corrected chi connectivity index (χ0v) is 7.81. The van der Waals surface area contributed by atoms with E-state index in [9.17, 15) is 0 Å². The third-order valence-corrected chi connectivity index (χ3v) is 1.33. The van der Waals surface area contributed by atoms with Crippen LogP contribution in [0.3, 0.4) is 0 Å². The normalized spacial score (nSPS) is 12.6. The van der Waals surface area contributed by atoms with Gasteiger partial charge in [-0.05, 0) is 13.8 Å². The molecule has 4 nitrogen and oxygen atoms in total. The van der Waals surface area contributed by atoms with E-state index >= 15 is 0 Å². The Morgan fingerprint density at radius 2 is 2.25 bits per heavy atom. The van der Waals surface area contributed by atoms with Gasteiger partial charge in [-0.25, -0.2) is 4.99 Å². The number of nitrogens with zero attached hydrogens (tertiary/aromatic N) is 1. The Morgan fingerprint density at radius 3 is 2.67 bits per heavy atom. The van der Waals surface area contributed by atoms with Crippen molar-refractivity contribution in [1.29, 1.82) is 5.41 Å². The zero-order chi connectivity index (χ0) is 9.40. The van der Waals surface area contributed by atoms with Crippen molar-refractivity contribution in [2.45, 2.75) is 13.8 Å². The number of amidine groups is 1. The molecule has 0 amide bonds. The molecule has 0 unspecified atom stereocenters. The fourth-order valence-corrected chi connectivity index (χ4v) is 0.752. The highest BCUT2D eigenvalue weighted by Crippen LogP contribution is 1.91. The number of aliphatic imine (C=N–C) groups is 1. The van der Waals surface area contributed by atoms with Crippen LogP contribution in [-0.2, 0) is 0 Å². The summed E-state index contributed by atoms with van der Waals surface area (Å²) in [6, 6.07) is 0. The van der Waals surface area contributed by atoms with Crippen LogP contribution in [0.25, 0.3) is 0 Å². The average molecular weight is 168 g/mol. The van der Waals surface area contributed by atoms with E-state index in [0.717, 1.165) is 18.5 Å². The second kappa shape index (κ2) is 6.39. The fraction of sp³-hybridized carbons (Fsp3) is 0.500. The van der Waals surface area contributed by atoms with E-state index in [1.54, 1.807) is 7.05 Å². The molecule has 3 N–H and O–H groups in total. The minimum Gasteiger partial charge on any atom is -0.391 e. The van der Waals surface area contributed by atoms with Crippen molar-refractivity contribution in [3.63, 3.8) is 0 Å². The number of rotatable bonds is 4. The number of hydrogen-bond donors (Lipinski definition) is 3. The van der Waals surface area contributed by atoms with Crippen molar-refractivity contribution < 1.29 is 0 Å². The third-order valence-electron chi connectivity index (χ3n) is 1.33. The summed E-state index contributed by atoms with van der Waals surface area (Å²) in [7, 11) is 1.78. The Morgan fingerprint density at radius 1 is 1.58 bits per heavy atom. The third kappa shape index (κ3) is 3.75. The molecule has 0 aromatic heterocycles. The van der Waals surface area contributed by atoms with Gasteiger partial charge in [-0.15, -0.1) is 0 Å². The first-order chi connectivity index (χ1) is 5.76. The average Bonchev–Trinajstić information content (AvgIpc) is 2.10. The summed E-state index contributed by atoms with van der Waals surface area (Å²) in [5, 5.41) is 12.8. The maximum absolute atomic E-state index is 6.81. The number of likely N-dealkylation sites (N-methyl/N-ethyl adjacent to an activating group) is 1. The maximum Gasteiger partial charge on any atom is 0.131 e. The van der Waals surface area contributed by atoms with E-state index in [1.165, 1.54) is 0 Å². The SMILES string of the molecule is CCN/C=C(C)/C(=N\C=N)NC. The molecule has 0 radical (unpaired) electrons. The molecule has 0 heterocycles. The van der Waals surface area contributed by atoms with Crippen LogP contribution in [0.15, 0.2) is 16.8 Å². The molecule has 0 aromatic rings. The molecule has 0 aliphatic rings. The zero-order valence-electron chi connectivity index (χ0n) is 7.81. The van der Waals surface area contributed by atoms with Crippen LogP contribution in [0, 0.1) is 5.41 Å². The van der Waals surface area contributed by atoms with Gasteiger partial charge in [-0.1, -0.05) is 0 Å². The van der Waals surface area contributed by atoms with E-state index < -0.39 is 0 Å². The molecule has 0 fully saturated rings. The lowest BCUT2D eigenvalue weighted by Crippen LogP contribution is -2.21. The van der Waals surface area contributed by atoms with Gasteiger partial charge in [0.2, 0.25) is 0 Å². The van der Waals surface area contributed by atoms with Crippen LogP contribution in [0.2, 0.25) is 0 Å². The highest BCUT2D eigenvalue weighted by atomic mass is 15.0. The summed E-state index contributed by atoms with van der Waals surface area (Å²) in [5.74, 6) is 0.714. The molecule has 0 spiro atoms. The highest BCUT2D eigenvalue weighted by molar-refractivity contribution is 6.00. The Balaban J connectivity index is 4.29. The summed E-state index contributed by atoms with van der Waals surface area (Å²) < 4.78 is 0. The lowest BCUT2D eigenvalue weighted by atomic mass is 10.3. The van der Waals surface area contributed by atoms with Crippen molar-refractivity contribution in [2.24, 2.45) is 4.99 Å². The van der Waals surface area contributed by atoms with Gasteiger partial charge in [-0.2, -0.15) is 0 Å². The molecular weight excluding hydrogens is 152 g/mol. The Bertz CT molecular complexity index is 193. The highest BCUT2D eigenvalue weighted by Gasteiger charge is 1.95. The Kier molecular flexibility index (Phi) is 5.69. The van der Waals surface area contributed by atoms with Gasteiger partial charge in [0.15, 0.2) is 0 Å². The largest absolute Gasteiger partial charge is 0.391 e. The fourth-order valence-electron chi connectivity index (χ4n) is 0.752. The van der Waals surface area contributed by atoms with Crippen molar-refractivity contribution in [1.82, 2.24) is 10.6 Å². The van der Waals surface area contributed by atoms with Gasteiger partial charge in [0.25, 0.3) is 0 Å². The molecular formula is C8H16N4. The van der Waals surface area contributed by atoms with E-state index in [-0.39, 0.29) is 0 Å². The summed E-state index contributed by atoms with van der Waals surface area (Å²) in [6.45, 7) is 4.84. The van der Waals surface area contributed by atoms with Crippen molar-refractivity contribution in [3.05, 3.63) is 11.8 Å². The smallest absolute Gasteiger partial charge is 0.131 e. The van der Waals surface area contributed by atoms with Crippen LogP contribution in [0.5, 0.6) is 0 Å². The molecule has 0 rings (SSSR count). The predicted octanol–water partition coefficient (Wildman–Crippen LogP) is 0.725. The molecule has 0 saturated heterocycles. The molecule has 0 aromatic carbocycles. The lowest BCUT2D eigenvalue weighted by Gasteiger charge is -2.04. The minimum absolute atomic E-state index is 0.714. The van der Waals surface area contributed by atoms with E-state index in [4.69, 9.17) is 5.41 Å². The molecule has 12 heavy (non-hydrogen) atoms. The summed E-state index contributed by atoms with van der Waals surface area (Å²) >= 11 is 0. The molecule has 0 atom stereocenters. The second-order valence-electron chi connectivity index (χ2n) is 2.24. The van der Waals surface area contributed by atoms with Crippen LogP contribution in [0.4, 0.5) is 0 Å². The molecule has 0 saturated carbocycles. The summed E-state index contributed by atoms with van der Waals surface area (Å²) in [5.41, 5.74) is 0.989. The minimum atomic E-state index is 0.714. The van der Waals surface area contributed by atoms with Crippen LogP contribution in [0.1, 0.15) is 13.8 Å². The standard InChI is InChI=1S/C8H16N4/c1-4-11-5-7(2)8(10-3)12-6-9/h5-6,11H,4H2,1-3H3,(H2,9,10,12)/b7-5+. The van der Waals surface area contributed by atoms with Crippen molar-refractivity contribution in [2.75, 3.05) is 13.6 Å². The van der Waals surface area contributed by atoms with Crippen molar-refractivity contribution >= 4 is 12.2 Å². The van der Waals surface area contributed by atoms with E-state index in [1.807, 2.05) is 20.0 Å². The first-order valence-corrected chi connectivity index (χ1v) is 3.91. The molecule has 0 aliphatic heterocycles. The van der Waals surface area contributed by atoms with Gasteiger partial charge < -0.3 is 10.6 Å². The Hall–Kier alpha value is -1.32. The second-order valence-corrected chi connectivity index (χ2v) is 2.24. The summed E-state index contributed by atoms with van der Waals surface area (Å²) in [4.78, 5) is 3.83. The molecule has 0 aliphatic carbocycles. The van der Waals surface area contributed by atoms with Crippen LogP contribution >= 0.6 is 0 Å². The predicted molar refractivity (Wildman–Crippen MR) is 52.7 cm³/mol. The van der Waals surface area contributed by atoms with E-state index in [0.29, 0.717) is 5.84 Å². The number of hydrogen-bond acceptors (Lipinski definition) is 2. The first kappa shape index (κ1) is 10.7. The monoisotopic (exact) mass is 168 g/mol. The van der Waals surface area contributed by atoms with Gasteiger partial charge >= 0.3 is 0 Å². The maximum atomic E-state index is 6.81. The summed E-state index contributed by atoms with van der Waals surface area (Å²) in [6.07, 6.45) is 2.90.